The maximum absolute atomic E-state index is 4.57. The van der Waals surface area contributed by atoms with Crippen molar-refractivity contribution < 1.29 is 0 Å². The predicted molar refractivity (Wildman–Crippen MR) is 352 cm³/mol. The average Bonchev–Trinajstić information content (AvgIpc) is 4.34. The van der Waals surface area contributed by atoms with Crippen LogP contribution in [0.1, 0.15) is 78.7 Å². The number of nitrogens with zero attached hydrogens (tertiary/aromatic N) is 6. The molecule has 0 saturated heterocycles. The van der Waals surface area contributed by atoms with Crippen molar-refractivity contribution in [1.29, 1.82) is 0 Å². The Bertz CT molecular complexity index is 4540. The van der Waals surface area contributed by atoms with Gasteiger partial charge in [0, 0.05) is 96.9 Å². The molecule has 1 atom stereocenters. The van der Waals surface area contributed by atoms with Crippen LogP contribution in [0.4, 0.5) is 0 Å². The first-order valence-corrected chi connectivity index (χ1v) is 29.0. The summed E-state index contributed by atoms with van der Waals surface area (Å²) in [5.41, 5.74) is 21.2. The van der Waals surface area contributed by atoms with E-state index in [1.165, 1.54) is 82.5 Å². The Morgan fingerprint density at radius 2 is 0.855 bits per heavy atom. The highest BCUT2D eigenvalue weighted by molar-refractivity contribution is 6.10. The van der Waals surface area contributed by atoms with Crippen LogP contribution >= 0.6 is 0 Å². The molecule has 83 heavy (non-hydrogen) atoms. The highest BCUT2D eigenvalue weighted by atomic mass is 15.0. The largest absolute Gasteiger partial charge is 0.313 e. The fourth-order valence-corrected chi connectivity index (χ4v) is 14.1. The molecule has 0 spiro atoms. The Morgan fingerprint density at radius 3 is 1.31 bits per heavy atom. The third-order valence-corrected chi connectivity index (χ3v) is 17.5. The number of rotatable bonds is 15. The normalized spacial score (nSPS) is 13.6. The maximum atomic E-state index is 4.57. The molecule has 6 heterocycles. The summed E-state index contributed by atoms with van der Waals surface area (Å²) in [7, 11) is 0. The smallest absolute Gasteiger partial charge is 0.0571 e. The minimum Gasteiger partial charge on any atom is -0.313 e. The van der Waals surface area contributed by atoms with Gasteiger partial charge in [-0.15, -0.1) is 0 Å². The van der Waals surface area contributed by atoms with Gasteiger partial charge in [0.05, 0.1) is 44.5 Å². The van der Waals surface area contributed by atoms with Gasteiger partial charge in [0.25, 0.3) is 0 Å². The van der Waals surface area contributed by atoms with Crippen LogP contribution in [0.2, 0.25) is 0 Å². The Morgan fingerprint density at radius 1 is 0.446 bits per heavy atom. The molecule has 0 amide bonds. The van der Waals surface area contributed by atoms with E-state index in [4.69, 9.17) is 0 Å². The molecule has 0 aliphatic heterocycles. The molecule has 1 unspecified atom stereocenters. The molecule has 0 N–H and O–H groups in total. The van der Waals surface area contributed by atoms with Gasteiger partial charge in [-0.05, 0) is 153 Å². The fraction of sp³-hybridized carbons (Fsp3) is 0.117. The third-order valence-electron chi connectivity index (χ3n) is 17.5. The van der Waals surface area contributed by atoms with E-state index >= 15 is 0 Å². The monoisotopic (exact) mass is 1070 g/mol. The summed E-state index contributed by atoms with van der Waals surface area (Å²) >= 11 is 0. The van der Waals surface area contributed by atoms with Crippen molar-refractivity contribution in [2.24, 2.45) is 5.41 Å². The summed E-state index contributed by atoms with van der Waals surface area (Å²) in [6.07, 6.45) is 28.8. The van der Waals surface area contributed by atoms with Gasteiger partial charge in [-0.3, -0.25) is 9.97 Å². The summed E-state index contributed by atoms with van der Waals surface area (Å²) in [6.45, 7) is 15.2. The summed E-state index contributed by atoms with van der Waals surface area (Å²) in [5, 5.41) is 7.14. The van der Waals surface area contributed by atoms with Crippen molar-refractivity contribution in [3.8, 4) is 17.1 Å². The SMILES string of the molecule is C=Cc1c(/C=C\C)n(-c2ccc(CC(C)(Cc3ccc(-n4c(/C=C\C)c(C=C)c5ccccc54)cc3)C(C3=CC=C(n4c5ccccc5c5cnccc54)CC3)c3ccc(-n4c5ccccc5c5cnccc54)cc3)cc2)c2ccccc12. The highest BCUT2D eigenvalue weighted by Gasteiger charge is 2.39. The van der Waals surface area contributed by atoms with E-state index < -0.39 is 0 Å². The summed E-state index contributed by atoms with van der Waals surface area (Å²) in [6, 6.07) is 67.4. The molecule has 0 radical (unpaired) electrons. The zero-order valence-corrected chi connectivity index (χ0v) is 47.3. The van der Waals surface area contributed by atoms with Crippen LogP contribution in [0.25, 0.3) is 112 Å². The van der Waals surface area contributed by atoms with Gasteiger partial charge in [-0.25, -0.2) is 0 Å². The quantitative estimate of drug-likeness (QED) is 0.103. The van der Waals surface area contributed by atoms with E-state index in [2.05, 4.69) is 281 Å². The molecule has 0 fully saturated rings. The second-order valence-corrected chi connectivity index (χ2v) is 22.5. The lowest BCUT2D eigenvalue weighted by atomic mass is 9.63. The molecule has 1 aliphatic carbocycles. The van der Waals surface area contributed by atoms with E-state index in [-0.39, 0.29) is 11.3 Å². The second kappa shape index (κ2) is 21.1. The van der Waals surface area contributed by atoms with Crippen LogP contribution in [0.15, 0.2) is 250 Å². The number of hydrogen-bond acceptors (Lipinski definition) is 2. The number of hydrogen-bond donors (Lipinski definition) is 0. The third kappa shape index (κ3) is 8.63. The predicted octanol–water partition coefficient (Wildman–Crippen LogP) is 19.8. The fourth-order valence-electron chi connectivity index (χ4n) is 14.1. The van der Waals surface area contributed by atoms with E-state index in [9.17, 15) is 0 Å². The van der Waals surface area contributed by atoms with Gasteiger partial charge in [0.15, 0.2) is 0 Å². The Hall–Kier alpha value is -10.0. The van der Waals surface area contributed by atoms with Crippen LogP contribution < -0.4 is 0 Å². The lowest BCUT2D eigenvalue weighted by Crippen LogP contribution is -2.33. The maximum Gasteiger partial charge on any atom is 0.0571 e. The van der Waals surface area contributed by atoms with Gasteiger partial charge in [0.2, 0.25) is 0 Å². The van der Waals surface area contributed by atoms with E-state index in [0.29, 0.717) is 0 Å². The first-order valence-electron chi connectivity index (χ1n) is 29.0. The molecule has 6 aromatic heterocycles. The molecule has 402 valence electrons. The Labute approximate surface area is 485 Å². The zero-order valence-electron chi connectivity index (χ0n) is 47.3. The van der Waals surface area contributed by atoms with E-state index in [1.807, 2.05) is 36.9 Å². The van der Waals surface area contributed by atoms with Crippen molar-refractivity contribution in [2.75, 3.05) is 0 Å². The first kappa shape index (κ1) is 51.1. The van der Waals surface area contributed by atoms with Crippen molar-refractivity contribution in [3.05, 3.63) is 289 Å². The Balaban J connectivity index is 0.932. The number of para-hydroxylation sites is 4. The van der Waals surface area contributed by atoms with Crippen LogP contribution in [0, 0.1) is 5.41 Å². The standard InChI is InChI=1S/C77H64N6/c1-6-18-68-60(8-3)62-20-10-14-24-70(62)80(68)56-36-28-52(29-37-56)48-77(5,49-53-30-38-57(39-31-53)81-69(19-7-2)61(9-4)63-21-11-15-25-71(63)81)76(54-32-40-58(41-33-54)82-72-26-16-12-22-64(72)66-50-78-46-44-74(66)82)55-34-42-59(43-35-55)83-73-27-17-13-23-65(73)67-51-79-47-45-75(67)83/h6-34,36-42,44-47,50-51,76H,3-4,35,43,48-49H2,1-2,5H3/b18-6-,19-7-. The lowest BCUT2D eigenvalue weighted by Gasteiger charge is -2.41. The second-order valence-electron chi connectivity index (χ2n) is 22.5. The molecule has 1 aliphatic rings. The van der Waals surface area contributed by atoms with Crippen LogP contribution in [0.5, 0.6) is 0 Å². The number of aromatic nitrogens is 6. The average molecular weight is 1070 g/mol. The number of fused-ring (bicyclic) bond motifs is 8. The van der Waals surface area contributed by atoms with Crippen molar-refractivity contribution >= 4 is 95.4 Å². The lowest BCUT2D eigenvalue weighted by molar-refractivity contribution is 0.268. The molecule has 13 aromatic rings. The molecular formula is C77H64N6. The topological polar surface area (TPSA) is 45.5 Å². The van der Waals surface area contributed by atoms with Gasteiger partial charge >= 0.3 is 0 Å². The van der Waals surface area contributed by atoms with Gasteiger partial charge in [-0.1, -0.05) is 165 Å². The molecule has 0 saturated carbocycles. The first-order chi connectivity index (χ1) is 40.9. The summed E-state index contributed by atoms with van der Waals surface area (Å²) < 4.78 is 9.62. The minimum atomic E-state index is -0.322. The zero-order chi connectivity index (χ0) is 56.2. The molecule has 6 nitrogen and oxygen atoms in total. The minimum absolute atomic E-state index is 0.0353. The van der Waals surface area contributed by atoms with E-state index in [0.717, 1.165) is 76.2 Å². The highest BCUT2D eigenvalue weighted by Crippen LogP contribution is 2.50. The molecule has 0 bridgehead atoms. The molecule has 14 rings (SSSR count). The van der Waals surface area contributed by atoms with Crippen LogP contribution in [-0.2, 0) is 12.8 Å². The van der Waals surface area contributed by atoms with Gasteiger partial charge in [0.1, 0.15) is 0 Å². The molecule has 6 heteroatoms. The van der Waals surface area contributed by atoms with Gasteiger partial charge in [-0.2, -0.15) is 0 Å². The van der Waals surface area contributed by atoms with Gasteiger partial charge < -0.3 is 18.3 Å². The van der Waals surface area contributed by atoms with Crippen molar-refractivity contribution in [1.82, 2.24) is 28.2 Å². The van der Waals surface area contributed by atoms with E-state index in [1.54, 1.807) is 0 Å². The number of pyridine rings is 2. The van der Waals surface area contributed by atoms with Crippen LogP contribution in [0.3, 0.4) is 0 Å². The molecule has 7 aromatic carbocycles. The number of allylic oxidation sites excluding steroid dienone is 6. The summed E-state index contributed by atoms with van der Waals surface area (Å²) in [4.78, 5) is 9.13. The Kier molecular flexibility index (Phi) is 13.0. The van der Waals surface area contributed by atoms with Crippen molar-refractivity contribution in [3.63, 3.8) is 0 Å². The summed E-state index contributed by atoms with van der Waals surface area (Å²) in [5.74, 6) is 0.0353. The van der Waals surface area contributed by atoms with Crippen LogP contribution in [-0.4, -0.2) is 28.2 Å². The number of benzene rings is 7. The van der Waals surface area contributed by atoms with Crippen molar-refractivity contribution in [2.45, 2.75) is 52.4 Å². The molecular weight excluding hydrogens is 1010 g/mol.